The van der Waals surface area contributed by atoms with Crippen molar-refractivity contribution in [2.24, 2.45) is 5.92 Å². The van der Waals surface area contributed by atoms with Gasteiger partial charge in [0, 0.05) is 31.9 Å². The Morgan fingerprint density at radius 2 is 2.16 bits per heavy atom. The summed E-state index contributed by atoms with van der Waals surface area (Å²) in [7, 11) is 0. The zero-order chi connectivity index (χ0) is 22.0. The fourth-order valence-corrected chi connectivity index (χ4v) is 4.58. The fraction of sp³-hybridized carbons (Fsp3) is 0.545. The summed E-state index contributed by atoms with van der Waals surface area (Å²) in [5, 5.41) is 16.9. The molecule has 1 saturated heterocycles. The Bertz CT molecular complexity index is 981. The van der Waals surface area contributed by atoms with Gasteiger partial charge in [0.05, 0.1) is 17.4 Å². The molecule has 4 N–H and O–H groups in total. The molecule has 0 aromatic carbocycles. The molecule has 2 unspecified atom stereocenters. The number of nitrogens with one attached hydrogen (secondary N) is 3. The molecule has 1 aliphatic carbocycles. The maximum atomic E-state index is 12.8. The second-order valence-corrected chi connectivity index (χ2v) is 8.86. The molecule has 4 rings (SSSR count). The van der Waals surface area contributed by atoms with Gasteiger partial charge in [-0.25, -0.2) is 9.97 Å². The highest BCUT2D eigenvalue weighted by molar-refractivity contribution is 6.04. The maximum Gasteiger partial charge on any atom is 0.255 e. The Labute approximate surface area is 181 Å². The molecule has 3 heterocycles. The lowest BCUT2D eigenvalue weighted by atomic mass is 10.0. The third-order valence-electron chi connectivity index (χ3n) is 6.37. The van der Waals surface area contributed by atoms with Crippen LogP contribution in [0.15, 0.2) is 25.0 Å². The highest BCUT2D eigenvalue weighted by Crippen LogP contribution is 2.33. The summed E-state index contributed by atoms with van der Waals surface area (Å²) in [6.45, 7) is 7.21. The minimum absolute atomic E-state index is 0.0423. The summed E-state index contributed by atoms with van der Waals surface area (Å²) in [6.07, 6.45) is 8.57. The Morgan fingerprint density at radius 3 is 2.84 bits per heavy atom. The molecule has 9 nitrogen and oxygen atoms in total. The normalized spacial score (nSPS) is 24.3. The van der Waals surface area contributed by atoms with Crippen LogP contribution in [0, 0.1) is 5.92 Å². The zero-order valence-corrected chi connectivity index (χ0v) is 17.9. The van der Waals surface area contributed by atoms with Gasteiger partial charge in [-0.3, -0.25) is 9.59 Å². The number of rotatable bonds is 6. The molecule has 2 aromatic heterocycles. The van der Waals surface area contributed by atoms with Crippen molar-refractivity contribution < 1.29 is 14.7 Å². The Hall–Kier alpha value is -2.94. The van der Waals surface area contributed by atoms with Gasteiger partial charge in [-0.15, -0.1) is 0 Å². The van der Waals surface area contributed by atoms with Crippen LogP contribution < -0.4 is 10.6 Å². The van der Waals surface area contributed by atoms with Crippen molar-refractivity contribution in [2.75, 3.05) is 25.0 Å². The molecule has 0 spiro atoms. The predicted octanol–water partition coefficient (Wildman–Crippen LogP) is 1.83. The van der Waals surface area contributed by atoms with Crippen molar-refractivity contribution in [1.29, 1.82) is 0 Å². The van der Waals surface area contributed by atoms with E-state index in [4.69, 9.17) is 0 Å². The number of aliphatic hydroxyl groups is 1. The molecule has 1 saturated carbocycles. The van der Waals surface area contributed by atoms with Crippen molar-refractivity contribution >= 4 is 28.8 Å². The number of aromatic nitrogens is 3. The van der Waals surface area contributed by atoms with Crippen LogP contribution in [-0.4, -0.2) is 68.0 Å². The molecular weight excluding hydrogens is 396 g/mol. The second-order valence-electron chi connectivity index (χ2n) is 8.86. The predicted molar refractivity (Wildman–Crippen MR) is 118 cm³/mol. The van der Waals surface area contributed by atoms with Crippen LogP contribution in [0.1, 0.15) is 49.4 Å². The second kappa shape index (κ2) is 8.66. The molecule has 0 bridgehead atoms. The number of piperidine rings is 1. The number of amides is 2. The summed E-state index contributed by atoms with van der Waals surface area (Å²) in [5.41, 5.74) is 0.609. The summed E-state index contributed by atoms with van der Waals surface area (Å²) in [6, 6.07) is 0.176. The van der Waals surface area contributed by atoms with E-state index in [2.05, 4.69) is 39.1 Å². The van der Waals surface area contributed by atoms with E-state index in [0.717, 1.165) is 19.3 Å². The van der Waals surface area contributed by atoms with E-state index < -0.39 is 5.60 Å². The van der Waals surface area contributed by atoms with Crippen LogP contribution >= 0.6 is 0 Å². The largest absolute Gasteiger partial charge is 0.388 e. The number of aromatic amines is 1. The standard InChI is InChI=1S/C22H30N6O3/c1-3-18(29)28-8-5-15(6-9-28)26-17-12-24-20-19(27-17)16(11-23-20)21(30)25-13-22(31)7-4-14(2)10-22/h3,11-12,14-15,31H,1,4-10,13H2,2H3,(H,23,24)(H,25,30)(H,26,27). The van der Waals surface area contributed by atoms with Gasteiger partial charge in [-0.1, -0.05) is 13.5 Å². The molecule has 2 aliphatic rings. The minimum Gasteiger partial charge on any atom is -0.388 e. The van der Waals surface area contributed by atoms with Crippen molar-refractivity contribution in [3.63, 3.8) is 0 Å². The molecule has 2 atom stereocenters. The SMILES string of the molecule is C=CC(=O)N1CCC(Nc2cnc3[nH]cc(C(=O)NCC4(O)CCC(C)C4)c3n2)CC1. The number of carbonyl (C=O) groups excluding carboxylic acids is 2. The number of fused-ring (bicyclic) bond motifs is 1. The van der Waals surface area contributed by atoms with Crippen LogP contribution in [-0.2, 0) is 4.79 Å². The summed E-state index contributed by atoms with van der Waals surface area (Å²) in [4.78, 5) is 38.2. The van der Waals surface area contributed by atoms with Crippen LogP contribution in [0.2, 0.25) is 0 Å². The first-order valence-electron chi connectivity index (χ1n) is 10.9. The third-order valence-corrected chi connectivity index (χ3v) is 6.37. The first-order chi connectivity index (χ1) is 14.9. The first kappa shape index (κ1) is 21.3. The van der Waals surface area contributed by atoms with Gasteiger partial charge in [-0.2, -0.15) is 0 Å². The monoisotopic (exact) mass is 426 g/mol. The lowest BCUT2D eigenvalue weighted by Crippen LogP contribution is -2.41. The molecule has 2 amide bonds. The van der Waals surface area contributed by atoms with E-state index in [9.17, 15) is 14.7 Å². The topological polar surface area (TPSA) is 123 Å². The van der Waals surface area contributed by atoms with Gasteiger partial charge in [0.2, 0.25) is 5.91 Å². The molecule has 0 radical (unpaired) electrons. The number of hydrogen-bond acceptors (Lipinski definition) is 6. The summed E-state index contributed by atoms with van der Waals surface area (Å²) in [5.74, 6) is 0.746. The van der Waals surface area contributed by atoms with E-state index in [1.165, 1.54) is 6.08 Å². The van der Waals surface area contributed by atoms with E-state index in [1.807, 2.05) is 0 Å². The Morgan fingerprint density at radius 1 is 1.39 bits per heavy atom. The minimum atomic E-state index is -0.832. The molecular formula is C22H30N6O3. The lowest BCUT2D eigenvalue weighted by molar-refractivity contribution is -0.126. The number of carbonyl (C=O) groups is 2. The quantitative estimate of drug-likeness (QED) is 0.523. The van der Waals surface area contributed by atoms with E-state index in [-0.39, 0.29) is 24.4 Å². The smallest absolute Gasteiger partial charge is 0.255 e. The van der Waals surface area contributed by atoms with Gasteiger partial charge < -0.3 is 25.6 Å². The molecule has 2 aromatic rings. The van der Waals surface area contributed by atoms with Crippen molar-refractivity contribution in [1.82, 2.24) is 25.2 Å². The maximum absolute atomic E-state index is 12.8. The third kappa shape index (κ3) is 4.71. The summed E-state index contributed by atoms with van der Waals surface area (Å²) >= 11 is 0. The van der Waals surface area contributed by atoms with Gasteiger partial charge in [0.15, 0.2) is 5.65 Å². The highest BCUT2D eigenvalue weighted by Gasteiger charge is 2.35. The fourth-order valence-electron chi connectivity index (χ4n) is 4.58. The van der Waals surface area contributed by atoms with Crippen LogP contribution in [0.3, 0.4) is 0 Å². The Kier molecular flexibility index (Phi) is 5.95. The number of hydrogen-bond donors (Lipinski definition) is 4. The molecule has 31 heavy (non-hydrogen) atoms. The summed E-state index contributed by atoms with van der Waals surface area (Å²) < 4.78 is 0. The van der Waals surface area contributed by atoms with Gasteiger partial charge in [0.1, 0.15) is 11.3 Å². The van der Waals surface area contributed by atoms with Crippen molar-refractivity contribution in [3.8, 4) is 0 Å². The first-order valence-corrected chi connectivity index (χ1v) is 10.9. The number of H-pyrrole nitrogens is 1. The average molecular weight is 427 g/mol. The van der Waals surface area contributed by atoms with Gasteiger partial charge in [0.25, 0.3) is 5.91 Å². The average Bonchev–Trinajstić information content (AvgIpc) is 3.35. The number of anilines is 1. The zero-order valence-electron chi connectivity index (χ0n) is 17.9. The van der Waals surface area contributed by atoms with Gasteiger partial charge >= 0.3 is 0 Å². The molecule has 2 fully saturated rings. The van der Waals surface area contributed by atoms with Crippen LogP contribution in [0.25, 0.3) is 11.2 Å². The van der Waals surface area contributed by atoms with Crippen molar-refractivity contribution in [3.05, 3.63) is 30.6 Å². The molecule has 9 heteroatoms. The van der Waals surface area contributed by atoms with Crippen LogP contribution in [0.5, 0.6) is 0 Å². The molecule has 1 aliphatic heterocycles. The van der Waals surface area contributed by atoms with E-state index >= 15 is 0 Å². The van der Waals surface area contributed by atoms with E-state index in [1.54, 1.807) is 17.3 Å². The highest BCUT2D eigenvalue weighted by atomic mass is 16.3. The van der Waals surface area contributed by atoms with Crippen LogP contribution in [0.4, 0.5) is 5.82 Å². The van der Waals surface area contributed by atoms with E-state index in [0.29, 0.717) is 54.4 Å². The molecule has 166 valence electrons. The lowest BCUT2D eigenvalue weighted by Gasteiger charge is -2.31. The van der Waals surface area contributed by atoms with Crippen molar-refractivity contribution in [2.45, 2.75) is 50.7 Å². The van der Waals surface area contributed by atoms with Gasteiger partial charge in [-0.05, 0) is 44.1 Å². The number of nitrogens with zero attached hydrogens (tertiary/aromatic N) is 3. The number of likely N-dealkylation sites (tertiary alicyclic amines) is 1. The Balaban J connectivity index is 1.40.